The van der Waals surface area contributed by atoms with Gasteiger partial charge in [0, 0.05) is 23.0 Å². The van der Waals surface area contributed by atoms with Gasteiger partial charge in [0.15, 0.2) is 0 Å². The number of fused-ring (bicyclic) bond motifs is 1. The van der Waals surface area contributed by atoms with Crippen LogP contribution in [0.3, 0.4) is 0 Å². The lowest BCUT2D eigenvalue weighted by atomic mass is 10.1. The third-order valence-corrected chi connectivity index (χ3v) is 4.06. The van der Waals surface area contributed by atoms with E-state index >= 15 is 0 Å². The first kappa shape index (κ1) is 12.0. The molecule has 1 saturated carbocycles. The zero-order valence-corrected chi connectivity index (χ0v) is 11.4. The van der Waals surface area contributed by atoms with Gasteiger partial charge in [0.05, 0.1) is 6.61 Å². The summed E-state index contributed by atoms with van der Waals surface area (Å²) >= 11 is 3.48. The molecule has 1 fully saturated rings. The van der Waals surface area contributed by atoms with Crippen LogP contribution in [0.25, 0.3) is 0 Å². The van der Waals surface area contributed by atoms with Crippen LogP contribution >= 0.6 is 15.9 Å². The summed E-state index contributed by atoms with van der Waals surface area (Å²) in [6.07, 6.45) is 2.34. The number of ether oxygens (including phenoxy) is 1. The molecule has 0 spiro atoms. The second-order valence-electron chi connectivity index (χ2n) is 4.89. The van der Waals surface area contributed by atoms with Crippen molar-refractivity contribution in [2.45, 2.75) is 31.3 Å². The zero-order valence-electron chi connectivity index (χ0n) is 9.83. The van der Waals surface area contributed by atoms with Crippen molar-refractivity contribution in [3.8, 4) is 5.75 Å². The highest BCUT2D eigenvalue weighted by atomic mass is 79.9. The lowest BCUT2D eigenvalue weighted by Gasteiger charge is -2.14. The Labute approximate surface area is 113 Å². The third kappa shape index (κ3) is 2.01. The molecule has 3 rings (SSSR count). The molecule has 96 valence electrons. The van der Waals surface area contributed by atoms with Crippen molar-refractivity contribution in [1.29, 1.82) is 0 Å². The number of rotatable bonds is 4. The van der Waals surface area contributed by atoms with E-state index in [0.29, 0.717) is 26.0 Å². The fourth-order valence-corrected chi connectivity index (χ4v) is 2.89. The predicted octanol–water partition coefficient (Wildman–Crippen LogP) is 2.09. The highest BCUT2D eigenvalue weighted by Gasteiger charge is 2.49. The van der Waals surface area contributed by atoms with E-state index in [1.54, 1.807) is 0 Å². The maximum atomic E-state index is 11.1. The SMILES string of the molecule is O=C(O)C1(NCc2cc(Br)cc3c2OCC3)CC1. The molecule has 2 N–H and O–H groups in total. The van der Waals surface area contributed by atoms with Gasteiger partial charge in [-0.2, -0.15) is 0 Å². The normalized spacial score (nSPS) is 19.2. The second-order valence-corrected chi connectivity index (χ2v) is 5.81. The zero-order chi connectivity index (χ0) is 12.8. The topological polar surface area (TPSA) is 58.6 Å². The lowest BCUT2D eigenvalue weighted by molar-refractivity contribution is -0.140. The molecule has 0 atom stereocenters. The standard InChI is InChI=1S/C13H14BrNO3/c14-10-5-8-1-4-18-11(8)9(6-10)7-15-13(2-3-13)12(16)17/h5-6,15H,1-4,7H2,(H,16,17). The average molecular weight is 312 g/mol. The molecule has 0 saturated heterocycles. The minimum absolute atomic E-state index is 0.536. The van der Waals surface area contributed by atoms with Crippen LogP contribution in [0.4, 0.5) is 0 Å². The highest BCUT2D eigenvalue weighted by molar-refractivity contribution is 9.10. The van der Waals surface area contributed by atoms with E-state index in [0.717, 1.165) is 22.2 Å². The Morgan fingerprint density at radius 2 is 2.28 bits per heavy atom. The molecule has 1 aromatic rings. The van der Waals surface area contributed by atoms with Crippen LogP contribution < -0.4 is 10.1 Å². The Morgan fingerprint density at radius 3 is 2.94 bits per heavy atom. The Balaban J connectivity index is 1.79. The number of carbonyl (C=O) groups is 1. The van der Waals surface area contributed by atoms with Crippen molar-refractivity contribution in [2.24, 2.45) is 0 Å². The van der Waals surface area contributed by atoms with Gasteiger partial charge in [0.2, 0.25) is 0 Å². The quantitative estimate of drug-likeness (QED) is 0.894. The molecule has 2 aliphatic rings. The van der Waals surface area contributed by atoms with E-state index in [9.17, 15) is 4.79 Å². The van der Waals surface area contributed by atoms with E-state index in [1.807, 2.05) is 6.07 Å². The summed E-state index contributed by atoms with van der Waals surface area (Å²) in [5, 5.41) is 12.3. The van der Waals surface area contributed by atoms with Crippen molar-refractivity contribution >= 4 is 21.9 Å². The summed E-state index contributed by atoms with van der Waals surface area (Å²) in [6, 6.07) is 4.06. The molecule has 5 heteroatoms. The molecular formula is C13H14BrNO3. The molecule has 0 radical (unpaired) electrons. The maximum absolute atomic E-state index is 11.1. The minimum Gasteiger partial charge on any atom is -0.493 e. The van der Waals surface area contributed by atoms with Crippen LogP contribution in [-0.4, -0.2) is 23.2 Å². The minimum atomic E-state index is -0.755. The van der Waals surface area contributed by atoms with E-state index in [-0.39, 0.29) is 0 Å². The molecule has 1 aromatic carbocycles. The molecule has 0 bridgehead atoms. The van der Waals surface area contributed by atoms with Crippen molar-refractivity contribution < 1.29 is 14.6 Å². The van der Waals surface area contributed by atoms with E-state index in [4.69, 9.17) is 9.84 Å². The van der Waals surface area contributed by atoms with Gasteiger partial charge in [-0.3, -0.25) is 10.1 Å². The molecule has 18 heavy (non-hydrogen) atoms. The largest absolute Gasteiger partial charge is 0.493 e. The van der Waals surface area contributed by atoms with Crippen LogP contribution in [0, 0.1) is 0 Å². The molecule has 1 aliphatic carbocycles. The Bertz CT molecular complexity index is 511. The molecule has 0 aromatic heterocycles. The number of hydrogen-bond donors (Lipinski definition) is 2. The smallest absolute Gasteiger partial charge is 0.323 e. The van der Waals surface area contributed by atoms with E-state index < -0.39 is 11.5 Å². The van der Waals surface area contributed by atoms with Crippen LogP contribution in [0.2, 0.25) is 0 Å². The van der Waals surface area contributed by atoms with Crippen LogP contribution in [0.1, 0.15) is 24.0 Å². The summed E-state index contributed by atoms with van der Waals surface area (Å²) in [7, 11) is 0. The number of carboxylic acid groups (broad SMARTS) is 1. The van der Waals surface area contributed by atoms with Crippen molar-refractivity contribution in [1.82, 2.24) is 5.32 Å². The fourth-order valence-electron chi connectivity index (χ4n) is 2.33. The summed E-state index contributed by atoms with van der Waals surface area (Å²) < 4.78 is 6.64. The van der Waals surface area contributed by atoms with Gasteiger partial charge in [-0.25, -0.2) is 0 Å². The van der Waals surface area contributed by atoms with Gasteiger partial charge in [0.25, 0.3) is 0 Å². The summed E-state index contributed by atoms with van der Waals surface area (Å²) in [5.74, 6) is 0.168. The average Bonchev–Trinajstić information content (AvgIpc) is 2.98. The first-order valence-electron chi connectivity index (χ1n) is 6.03. The van der Waals surface area contributed by atoms with Gasteiger partial charge in [-0.1, -0.05) is 15.9 Å². The van der Waals surface area contributed by atoms with Crippen LogP contribution in [-0.2, 0) is 17.8 Å². The third-order valence-electron chi connectivity index (χ3n) is 3.60. The molecule has 0 amide bonds. The van der Waals surface area contributed by atoms with Gasteiger partial charge < -0.3 is 9.84 Å². The maximum Gasteiger partial charge on any atom is 0.323 e. The van der Waals surface area contributed by atoms with Gasteiger partial charge in [0.1, 0.15) is 11.3 Å². The molecule has 0 unspecified atom stereocenters. The highest BCUT2D eigenvalue weighted by Crippen LogP contribution is 2.38. The fraction of sp³-hybridized carbons (Fsp3) is 0.462. The van der Waals surface area contributed by atoms with E-state index in [2.05, 4.69) is 27.3 Å². The number of hydrogen-bond acceptors (Lipinski definition) is 3. The van der Waals surface area contributed by atoms with Gasteiger partial charge >= 0.3 is 5.97 Å². The molecule has 1 heterocycles. The monoisotopic (exact) mass is 311 g/mol. The lowest BCUT2D eigenvalue weighted by Crippen LogP contribution is -2.38. The summed E-state index contributed by atoms with van der Waals surface area (Å²) in [6.45, 7) is 1.25. The van der Waals surface area contributed by atoms with Crippen LogP contribution in [0.15, 0.2) is 16.6 Å². The Morgan fingerprint density at radius 1 is 1.50 bits per heavy atom. The van der Waals surface area contributed by atoms with Crippen molar-refractivity contribution in [3.63, 3.8) is 0 Å². The number of carboxylic acids is 1. The number of halogens is 1. The molecule has 4 nitrogen and oxygen atoms in total. The number of benzene rings is 1. The molecule has 1 aliphatic heterocycles. The number of aliphatic carboxylic acids is 1. The summed E-state index contributed by atoms with van der Waals surface area (Å²) in [5.41, 5.74) is 1.53. The van der Waals surface area contributed by atoms with E-state index in [1.165, 1.54) is 5.56 Å². The Hall–Kier alpha value is -1.07. The van der Waals surface area contributed by atoms with Gasteiger partial charge in [-0.05, 0) is 30.5 Å². The summed E-state index contributed by atoms with van der Waals surface area (Å²) in [4.78, 5) is 11.1. The Kier molecular flexibility index (Phi) is 2.83. The first-order valence-corrected chi connectivity index (χ1v) is 6.82. The van der Waals surface area contributed by atoms with Crippen molar-refractivity contribution in [2.75, 3.05) is 6.61 Å². The molecular weight excluding hydrogens is 298 g/mol. The number of nitrogens with one attached hydrogen (secondary N) is 1. The predicted molar refractivity (Wildman–Crippen MR) is 69.8 cm³/mol. The first-order chi connectivity index (χ1) is 8.61. The van der Waals surface area contributed by atoms with Crippen LogP contribution in [0.5, 0.6) is 5.75 Å². The van der Waals surface area contributed by atoms with Crippen molar-refractivity contribution in [3.05, 3.63) is 27.7 Å². The second kappa shape index (κ2) is 4.24. The van der Waals surface area contributed by atoms with Gasteiger partial charge in [-0.15, -0.1) is 0 Å².